The molecular weight excluding hydrogens is 274 g/mol. The van der Waals surface area contributed by atoms with E-state index in [0.29, 0.717) is 11.0 Å². The maximum atomic E-state index is 10.7. The lowest BCUT2D eigenvalue weighted by Crippen LogP contribution is -2.00. The molecule has 0 aliphatic carbocycles. The van der Waals surface area contributed by atoms with Crippen LogP contribution in [0.4, 0.5) is 5.69 Å². The van der Waals surface area contributed by atoms with E-state index in [1.807, 2.05) is 18.3 Å². The molecule has 6 heteroatoms. The second-order valence-electron chi connectivity index (χ2n) is 3.25. The molecule has 2 aromatic rings. The molecule has 0 bridgehead atoms. The van der Waals surface area contributed by atoms with Gasteiger partial charge in [-0.15, -0.1) is 0 Å². The summed E-state index contributed by atoms with van der Waals surface area (Å²) < 4.78 is 2.20. The molecule has 0 saturated carbocycles. The highest BCUT2D eigenvalue weighted by Gasteiger charge is 2.12. The predicted molar refractivity (Wildman–Crippen MR) is 62.1 cm³/mol. The van der Waals surface area contributed by atoms with Crippen LogP contribution in [0.15, 0.2) is 41.1 Å². The summed E-state index contributed by atoms with van der Waals surface area (Å²) in [6.07, 6.45) is 3.49. The fourth-order valence-electron chi connectivity index (χ4n) is 1.38. The van der Waals surface area contributed by atoms with Crippen LogP contribution >= 0.6 is 15.9 Å². The van der Waals surface area contributed by atoms with Crippen LogP contribution in [-0.4, -0.2) is 14.7 Å². The van der Waals surface area contributed by atoms with Crippen LogP contribution in [0.1, 0.15) is 5.56 Å². The van der Waals surface area contributed by atoms with E-state index in [1.54, 1.807) is 23.0 Å². The van der Waals surface area contributed by atoms with Gasteiger partial charge in [-0.05, 0) is 33.6 Å². The van der Waals surface area contributed by atoms with E-state index in [1.165, 1.54) is 0 Å². The number of rotatable bonds is 3. The van der Waals surface area contributed by atoms with Crippen molar-refractivity contribution in [2.24, 2.45) is 0 Å². The maximum absolute atomic E-state index is 10.7. The Morgan fingerprint density at radius 3 is 2.94 bits per heavy atom. The predicted octanol–water partition coefficient (Wildman–Crippen LogP) is 2.60. The molecule has 1 aromatic carbocycles. The van der Waals surface area contributed by atoms with E-state index >= 15 is 0 Å². The Bertz CT molecular complexity index is 511. The van der Waals surface area contributed by atoms with Gasteiger partial charge in [-0.1, -0.05) is 6.07 Å². The van der Waals surface area contributed by atoms with E-state index in [2.05, 4.69) is 21.0 Å². The molecule has 0 fully saturated rings. The largest absolute Gasteiger partial charge is 0.283 e. The zero-order valence-electron chi connectivity index (χ0n) is 8.21. The first kappa shape index (κ1) is 10.8. The summed E-state index contributed by atoms with van der Waals surface area (Å²) in [5.74, 6) is 0. The second kappa shape index (κ2) is 4.44. The third-order valence-electron chi connectivity index (χ3n) is 2.11. The molecule has 16 heavy (non-hydrogen) atoms. The molecule has 5 nitrogen and oxygen atoms in total. The molecule has 0 aliphatic heterocycles. The Labute approximate surface area is 100.0 Å². The highest BCUT2D eigenvalue weighted by atomic mass is 79.9. The molecule has 1 aromatic heterocycles. The van der Waals surface area contributed by atoms with E-state index < -0.39 is 4.92 Å². The van der Waals surface area contributed by atoms with Crippen molar-refractivity contribution in [2.45, 2.75) is 6.54 Å². The van der Waals surface area contributed by atoms with Gasteiger partial charge in [0.05, 0.1) is 15.9 Å². The maximum Gasteiger partial charge on any atom is 0.283 e. The quantitative estimate of drug-likeness (QED) is 0.642. The fraction of sp³-hybridized carbons (Fsp3) is 0.100. The van der Waals surface area contributed by atoms with Crippen LogP contribution in [0.25, 0.3) is 0 Å². The molecule has 0 aliphatic rings. The monoisotopic (exact) mass is 281 g/mol. The van der Waals surface area contributed by atoms with Gasteiger partial charge >= 0.3 is 0 Å². The number of nitro benzene ring substituents is 1. The smallest absolute Gasteiger partial charge is 0.268 e. The molecule has 2 rings (SSSR count). The van der Waals surface area contributed by atoms with Crippen LogP contribution in [-0.2, 0) is 6.54 Å². The van der Waals surface area contributed by atoms with Gasteiger partial charge in [-0.25, -0.2) is 0 Å². The minimum absolute atomic E-state index is 0.0738. The van der Waals surface area contributed by atoms with Crippen molar-refractivity contribution in [3.8, 4) is 0 Å². The highest BCUT2D eigenvalue weighted by molar-refractivity contribution is 9.10. The summed E-state index contributed by atoms with van der Waals surface area (Å²) in [5, 5.41) is 14.8. The zero-order valence-corrected chi connectivity index (χ0v) is 9.79. The normalized spacial score (nSPS) is 10.3. The molecule has 0 spiro atoms. The molecule has 0 N–H and O–H groups in total. The Morgan fingerprint density at radius 2 is 2.31 bits per heavy atom. The molecular formula is C10H8BrN3O2. The third kappa shape index (κ3) is 2.27. The molecule has 0 saturated heterocycles. The first-order valence-corrected chi connectivity index (χ1v) is 5.36. The second-order valence-corrected chi connectivity index (χ2v) is 4.10. The third-order valence-corrected chi connectivity index (χ3v) is 2.78. The minimum Gasteiger partial charge on any atom is -0.268 e. The van der Waals surface area contributed by atoms with Gasteiger partial charge in [-0.2, -0.15) is 5.10 Å². The van der Waals surface area contributed by atoms with Crippen LogP contribution < -0.4 is 0 Å². The van der Waals surface area contributed by atoms with Crippen molar-refractivity contribution in [1.82, 2.24) is 9.78 Å². The number of aromatic nitrogens is 2. The summed E-state index contributed by atoms with van der Waals surface area (Å²) in [5.41, 5.74) is 0.920. The van der Waals surface area contributed by atoms with Crippen molar-refractivity contribution >= 4 is 21.6 Å². The summed E-state index contributed by atoms with van der Waals surface area (Å²) in [4.78, 5) is 10.3. The lowest BCUT2D eigenvalue weighted by molar-refractivity contribution is -0.385. The van der Waals surface area contributed by atoms with Gasteiger partial charge in [0.15, 0.2) is 0 Å². The Hall–Kier alpha value is -1.69. The van der Waals surface area contributed by atoms with E-state index in [9.17, 15) is 10.1 Å². The van der Waals surface area contributed by atoms with Crippen molar-refractivity contribution < 1.29 is 4.92 Å². The average molecular weight is 282 g/mol. The number of hydrogen-bond acceptors (Lipinski definition) is 3. The molecule has 0 unspecified atom stereocenters. The lowest BCUT2D eigenvalue weighted by atomic mass is 10.2. The van der Waals surface area contributed by atoms with Gasteiger partial charge in [-0.3, -0.25) is 14.8 Å². The van der Waals surface area contributed by atoms with Gasteiger partial charge in [0, 0.05) is 18.5 Å². The van der Waals surface area contributed by atoms with E-state index in [4.69, 9.17) is 0 Å². The molecule has 82 valence electrons. The Balaban J connectivity index is 2.29. The van der Waals surface area contributed by atoms with Crippen molar-refractivity contribution in [3.63, 3.8) is 0 Å². The minimum atomic E-state index is -0.406. The van der Waals surface area contributed by atoms with Crippen molar-refractivity contribution in [1.29, 1.82) is 0 Å². The SMILES string of the molecule is O=[N+]([O-])c1cc(Cn2cccn2)ccc1Br. The highest BCUT2D eigenvalue weighted by Crippen LogP contribution is 2.25. The summed E-state index contributed by atoms with van der Waals surface area (Å²) in [7, 11) is 0. The molecule has 0 amide bonds. The van der Waals surface area contributed by atoms with Gasteiger partial charge < -0.3 is 0 Å². The number of benzene rings is 1. The standard InChI is InChI=1S/C10H8BrN3O2/c11-9-3-2-8(6-10(9)14(15)16)7-13-5-1-4-12-13/h1-6H,7H2. The Morgan fingerprint density at radius 1 is 1.50 bits per heavy atom. The first-order chi connectivity index (χ1) is 7.66. The van der Waals surface area contributed by atoms with E-state index in [-0.39, 0.29) is 5.69 Å². The summed E-state index contributed by atoms with van der Waals surface area (Å²) in [6, 6.07) is 6.87. The average Bonchev–Trinajstić information content (AvgIpc) is 2.73. The van der Waals surface area contributed by atoms with E-state index in [0.717, 1.165) is 5.56 Å². The topological polar surface area (TPSA) is 61.0 Å². The van der Waals surface area contributed by atoms with Gasteiger partial charge in [0.1, 0.15) is 0 Å². The van der Waals surface area contributed by atoms with Crippen LogP contribution in [0.2, 0.25) is 0 Å². The molecule has 0 atom stereocenters. The van der Waals surface area contributed by atoms with Gasteiger partial charge in [0.2, 0.25) is 0 Å². The lowest BCUT2D eigenvalue weighted by Gasteiger charge is -2.02. The number of hydrogen-bond donors (Lipinski definition) is 0. The summed E-state index contributed by atoms with van der Waals surface area (Å²) >= 11 is 3.14. The Kier molecular flexibility index (Phi) is 3.00. The number of nitro groups is 1. The molecule has 0 radical (unpaired) electrons. The fourth-order valence-corrected chi connectivity index (χ4v) is 1.77. The van der Waals surface area contributed by atoms with Crippen molar-refractivity contribution in [3.05, 3.63) is 56.8 Å². The zero-order chi connectivity index (χ0) is 11.5. The van der Waals surface area contributed by atoms with Crippen LogP contribution in [0, 0.1) is 10.1 Å². The summed E-state index contributed by atoms with van der Waals surface area (Å²) in [6.45, 7) is 0.529. The van der Waals surface area contributed by atoms with Gasteiger partial charge in [0.25, 0.3) is 5.69 Å². The molecule has 1 heterocycles. The van der Waals surface area contributed by atoms with Crippen LogP contribution in [0.5, 0.6) is 0 Å². The number of nitrogens with zero attached hydrogens (tertiary/aromatic N) is 3. The van der Waals surface area contributed by atoms with Crippen LogP contribution in [0.3, 0.4) is 0 Å². The van der Waals surface area contributed by atoms with Crippen molar-refractivity contribution in [2.75, 3.05) is 0 Å². The first-order valence-electron chi connectivity index (χ1n) is 4.57. The number of halogens is 1.